The Kier molecular flexibility index (Phi) is 4.97. The highest BCUT2D eigenvalue weighted by Crippen LogP contribution is 2.30. The van der Waals surface area contributed by atoms with E-state index in [0.717, 1.165) is 6.07 Å². The summed E-state index contributed by atoms with van der Waals surface area (Å²) in [5.41, 5.74) is -0.996. The smallest absolute Gasteiger partial charge is 0.347 e. The fourth-order valence-corrected chi connectivity index (χ4v) is 2.55. The van der Waals surface area contributed by atoms with Crippen molar-refractivity contribution in [2.45, 2.75) is 19.4 Å². The van der Waals surface area contributed by atoms with Crippen molar-refractivity contribution in [3.63, 3.8) is 0 Å². The summed E-state index contributed by atoms with van der Waals surface area (Å²) < 4.78 is 44.3. The van der Waals surface area contributed by atoms with Gasteiger partial charge in [0.05, 0.1) is 6.20 Å². The lowest BCUT2D eigenvalue weighted by Gasteiger charge is -2.21. The average Bonchev–Trinajstić information content (AvgIpc) is 3.14. The maximum atomic E-state index is 14.5. The fraction of sp³-hybridized carbons (Fsp3) is 0.143. The van der Waals surface area contributed by atoms with E-state index < -0.39 is 23.2 Å². The van der Waals surface area contributed by atoms with Gasteiger partial charge in [0.2, 0.25) is 5.89 Å². The highest BCUT2D eigenvalue weighted by Gasteiger charge is 2.30. The van der Waals surface area contributed by atoms with Crippen LogP contribution in [0.2, 0.25) is 0 Å². The van der Waals surface area contributed by atoms with Crippen molar-refractivity contribution in [2.75, 3.05) is 0 Å². The first-order valence-corrected chi connectivity index (χ1v) is 9.01. The van der Waals surface area contributed by atoms with Crippen LogP contribution in [0.1, 0.15) is 13.8 Å². The van der Waals surface area contributed by atoms with Crippen molar-refractivity contribution >= 4 is 17.2 Å². The first-order chi connectivity index (χ1) is 14.7. The minimum atomic E-state index is -1.61. The van der Waals surface area contributed by atoms with Crippen LogP contribution >= 0.6 is 0 Å². The van der Waals surface area contributed by atoms with Gasteiger partial charge in [-0.05, 0) is 44.2 Å². The molecule has 0 atom stereocenters. The minimum absolute atomic E-state index is 0.0512. The van der Waals surface area contributed by atoms with E-state index in [2.05, 4.69) is 15.0 Å². The second kappa shape index (κ2) is 7.63. The lowest BCUT2D eigenvalue weighted by atomic mass is 10.1. The predicted molar refractivity (Wildman–Crippen MR) is 104 cm³/mol. The van der Waals surface area contributed by atoms with Gasteiger partial charge in [0.25, 0.3) is 5.71 Å². The van der Waals surface area contributed by atoms with E-state index in [4.69, 9.17) is 19.0 Å². The van der Waals surface area contributed by atoms with Gasteiger partial charge in [-0.2, -0.15) is 4.98 Å². The number of ether oxygens (including phenoxy) is 2. The second-order valence-corrected chi connectivity index (χ2v) is 6.96. The number of carboxylic acid groups (broad SMARTS) is 1. The van der Waals surface area contributed by atoms with Crippen LogP contribution in [0.4, 0.5) is 8.78 Å². The van der Waals surface area contributed by atoms with Gasteiger partial charge >= 0.3 is 12.0 Å². The van der Waals surface area contributed by atoms with Crippen LogP contribution in [0.25, 0.3) is 22.7 Å². The SMILES string of the molecule is CC(C)(Oc1ccc(-c2nc3cnc(Oc4ccccc4F)nc3o2)cc1F)C(=O)O. The van der Waals surface area contributed by atoms with E-state index in [-0.39, 0.29) is 40.2 Å². The Morgan fingerprint density at radius 2 is 1.84 bits per heavy atom. The summed E-state index contributed by atoms with van der Waals surface area (Å²) >= 11 is 0. The van der Waals surface area contributed by atoms with E-state index >= 15 is 0 Å². The molecule has 158 valence electrons. The molecule has 0 aliphatic carbocycles. The van der Waals surface area contributed by atoms with Crippen molar-refractivity contribution < 1.29 is 32.6 Å². The standard InChI is InChI=1S/C21H15F2N3O5/c1-21(2,19(27)28)31-16-8-7-11(9-13(16)23)17-25-14-10-24-20(26-18(14)30-17)29-15-6-4-3-5-12(15)22/h3-10H,1-2H3,(H,27,28). The molecule has 0 unspecified atom stereocenters. The van der Waals surface area contributed by atoms with Gasteiger partial charge in [-0.15, -0.1) is 0 Å². The molecule has 0 amide bonds. The van der Waals surface area contributed by atoms with Crippen LogP contribution in [0.5, 0.6) is 17.5 Å². The number of fused-ring (bicyclic) bond motifs is 1. The number of hydrogen-bond donors (Lipinski definition) is 1. The fourth-order valence-electron chi connectivity index (χ4n) is 2.55. The molecule has 2 heterocycles. The maximum Gasteiger partial charge on any atom is 0.347 e. The number of oxazole rings is 1. The van der Waals surface area contributed by atoms with Crippen LogP contribution in [0.15, 0.2) is 53.1 Å². The summed E-state index contributed by atoms with van der Waals surface area (Å²) in [6.07, 6.45) is 1.33. The summed E-state index contributed by atoms with van der Waals surface area (Å²) in [4.78, 5) is 23.4. The summed E-state index contributed by atoms with van der Waals surface area (Å²) in [7, 11) is 0. The van der Waals surface area contributed by atoms with E-state index in [1.54, 1.807) is 6.07 Å². The molecular weight excluding hydrogens is 412 g/mol. The summed E-state index contributed by atoms with van der Waals surface area (Å²) in [5, 5.41) is 9.12. The van der Waals surface area contributed by atoms with Crippen molar-refractivity contribution in [1.82, 2.24) is 15.0 Å². The van der Waals surface area contributed by atoms with Crippen LogP contribution in [0, 0.1) is 11.6 Å². The Bertz CT molecular complexity index is 1290. The summed E-state index contributed by atoms with van der Waals surface area (Å²) in [6, 6.07) is 9.48. The Morgan fingerprint density at radius 1 is 1.06 bits per heavy atom. The van der Waals surface area contributed by atoms with Crippen molar-refractivity contribution in [3.05, 3.63) is 60.3 Å². The predicted octanol–water partition coefficient (Wildman–Crippen LogP) is 4.60. The van der Waals surface area contributed by atoms with Gasteiger partial charge < -0.3 is 19.0 Å². The molecule has 1 N–H and O–H groups in total. The molecule has 0 radical (unpaired) electrons. The minimum Gasteiger partial charge on any atom is -0.478 e. The second-order valence-electron chi connectivity index (χ2n) is 6.96. The topological polar surface area (TPSA) is 108 Å². The molecule has 0 fully saturated rings. The molecule has 0 spiro atoms. The Balaban J connectivity index is 1.61. The maximum absolute atomic E-state index is 14.5. The quantitative estimate of drug-likeness (QED) is 0.476. The van der Waals surface area contributed by atoms with Gasteiger partial charge in [-0.3, -0.25) is 0 Å². The number of benzene rings is 2. The first-order valence-electron chi connectivity index (χ1n) is 9.01. The highest BCUT2D eigenvalue weighted by molar-refractivity contribution is 5.77. The molecule has 0 aliphatic heterocycles. The number of aromatic nitrogens is 3. The molecule has 0 saturated carbocycles. The average molecular weight is 427 g/mol. The number of nitrogens with zero attached hydrogens (tertiary/aromatic N) is 3. The Morgan fingerprint density at radius 3 is 2.55 bits per heavy atom. The van der Waals surface area contributed by atoms with Gasteiger partial charge in [-0.25, -0.2) is 23.5 Å². The van der Waals surface area contributed by atoms with Crippen LogP contribution in [-0.4, -0.2) is 31.6 Å². The summed E-state index contributed by atoms with van der Waals surface area (Å²) in [5.74, 6) is -2.83. The van der Waals surface area contributed by atoms with Crippen LogP contribution in [0.3, 0.4) is 0 Å². The van der Waals surface area contributed by atoms with Gasteiger partial charge in [0.15, 0.2) is 28.7 Å². The molecule has 4 aromatic rings. The molecule has 2 aromatic carbocycles. The van der Waals surface area contributed by atoms with Crippen LogP contribution in [-0.2, 0) is 4.79 Å². The first kappa shape index (κ1) is 20.2. The zero-order valence-corrected chi connectivity index (χ0v) is 16.3. The number of carbonyl (C=O) groups is 1. The van der Waals surface area contributed by atoms with E-state index in [1.165, 1.54) is 50.4 Å². The van der Waals surface area contributed by atoms with E-state index in [0.29, 0.717) is 0 Å². The number of carboxylic acids is 1. The Hall–Kier alpha value is -4.08. The molecule has 4 rings (SSSR count). The molecule has 10 heteroatoms. The number of aliphatic carboxylic acids is 1. The zero-order valence-electron chi connectivity index (χ0n) is 16.3. The van der Waals surface area contributed by atoms with Crippen LogP contribution < -0.4 is 9.47 Å². The normalized spacial score (nSPS) is 11.5. The third kappa shape index (κ3) is 4.13. The van der Waals surface area contributed by atoms with Crippen molar-refractivity contribution in [1.29, 1.82) is 0 Å². The third-order valence-corrected chi connectivity index (χ3v) is 4.23. The molecule has 0 bridgehead atoms. The van der Waals surface area contributed by atoms with Gasteiger partial charge in [0, 0.05) is 5.56 Å². The van der Waals surface area contributed by atoms with Crippen molar-refractivity contribution in [2.24, 2.45) is 0 Å². The van der Waals surface area contributed by atoms with Crippen molar-refractivity contribution in [3.8, 4) is 29.0 Å². The van der Waals surface area contributed by atoms with E-state index in [1.807, 2.05) is 0 Å². The molecule has 0 aliphatic rings. The summed E-state index contributed by atoms with van der Waals surface area (Å²) in [6.45, 7) is 2.62. The third-order valence-electron chi connectivity index (χ3n) is 4.23. The lowest BCUT2D eigenvalue weighted by Crippen LogP contribution is -2.38. The number of para-hydroxylation sites is 1. The number of halogens is 2. The molecular formula is C21H15F2N3O5. The Labute approximate surface area is 174 Å². The molecule has 2 aromatic heterocycles. The van der Waals surface area contributed by atoms with Gasteiger partial charge in [-0.1, -0.05) is 12.1 Å². The number of hydrogen-bond acceptors (Lipinski definition) is 7. The largest absolute Gasteiger partial charge is 0.478 e. The lowest BCUT2D eigenvalue weighted by molar-refractivity contribution is -0.152. The molecule has 31 heavy (non-hydrogen) atoms. The molecule has 8 nitrogen and oxygen atoms in total. The number of rotatable bonds is 6. The molecule has 0 saturated heterocycles. The van der Waals surface area contributed by atoms with Gasteiger partial charge in [0.1, 0.15) is 5.52 Å². The van der Waals surface area contributed by atoms with E-state index in [9.17, 15) is 13.6 Å². The highest BCUT2D eigenvalue weighted by atomic mass is 19.1. The zero-order chi connectivity index (χ0) is 22.2. The monoisotopic (exact) mass is 427 g/mol.